The molecule has 0 radical (unpaired) electrons. The molecule has 0 aliphatic heterocycles. The summed E-state index contributed by atoms with van der Waals surface area (Å²) < 4.78 is 48.9. The fourth-order valence-corrected chi connectivity index (χ4v) is 3.92. The molecule has 0 saturated heterocycles. The summed E-state index contributed by atoms with van der Waals surface area (Å²) in [5.41, 5.74) is 0.159. The van der Waals surface area contributed by atoms with Crippen molar-refractivity contribution >= 4 is 9.28 Å². The van der Waals surface area contributed by atoms with Crippen LogP contribution in [0, 0.1) is 0 Å². The molecular weight excluding hydrogens is 297 g/mol. The second-order valence-corrected chi connectivity index (χ2v) is 6.89. The van der Waals surface area contributed by atoms with Crippen LogP contribution in [0.3, 0.4) is 0 Å². The van der Waals surface area contributed by atoms with Crippen LogP contribution in [0.4, 0.5) is 13.2 Å². The highest BCUT2D eigenvalue weighted by atomic mass is 28.3. The van der Waals surface area contributed by atoms with Gasteiger partial charge in [0.05, 0.1) is 5.56 Å². The van der Waals surface area contributed by atoms with E-state index in [4.69, 9.17) is 8.85 Å². The number of hydrogen-bond donors (Lipinski definition) is 0. The maximum Gasteiger partial charge on any atom is 0.416 e. The van der Waals surface area contributed by atoms with Crippen molar-refractivity contribution in [2.45, 2.75) is 45.3 Å². The van der Waals surface area contributed by atoms with Crippen molar-refractivity contribution < 1.29 is 22.0 Å². The fourth-order valence-electron chi connectivity index (χ4n) is 2.13. The monoisotopic (exact) mass is 320 g/mol. The van der Waals surface area contributed by atoms with Crippen molar-refractivity contribution in [1.29, 1.82) is 0 Å². The van der Waals surface area contributed by atoms with Crippen molar-refractivity contribution in [3.05, 3.63) is 35.4 Å². The van der Waals surface area contributed by atoms with Gasteiger partial charge in [0.1, 0.15) is 0 Å². The number of hydrogen-bond acceptors (Lipinski definition) is 2. The Morgan fingerprint density at radius 1 is 1.05 bits per heavy atom. The number of alkyl halides is 3. The summed E-state index contributed by atoms with van der Waals surface area (Å²) in [4.78, 5) is 0. The molecule has 0 bridgehead atoms. The van der Waals surface area contributed by atoms with Crippen LogP contribution in [0.25, 0.3) is 0 Å². The van der Waals surface area contributed by atoms with E-state index >= 15 is 0 Å². The molecule has 0 saturated carbocycles. The molecule has 21 heavy (non-hydrogen) atoms. The van der Waals surface area contributed by atoms with E-state index in [1.54, 1.807) is 6.07 Å². The number of halogens is 3. The van der Waals surface area contributed by atoms with Crippen LogP contribution in [0.2, 0.25) is 6.04 Å². The van der Waals surface area contributed by atoms with Crippen LogP contribution < -0.4 is 0 Å². The molecule has 0 spiro atoms. The lowest BCUT2D eigenvalue weighted by molar-refractivity contribution is -0.137. The zero-order valence-electron chi connectivity index (χ0n) is 12.6. The van der Waals surface area contributed by atoms with Gasteiger partial charge >= 0.3 is 15.5 Å². The summed E-state index contributed by atoms with van der Waals surface area (Å²) in [5.74, 6) is 0. The summed E-state index contributed by atoms with van der Waals surface area (Å²) in [5, 5.41) is 0. The minimum Gasteiger partial charge on any atom is -0.397 e. The Morgan fingerprint density at radius 2 is 1.71 bits per heavy atom. The van der Waals surface area contributed by atoms with Crippen LogP contribution in [0.1, 0.15) is 37.8 Å². The van der Waals surface area contributed by atoms with Crippen molar-refractivity contribution in [1.82, 2.24) is 0 Å². The second-order valence-electron chi connectivity index (χ2n) is 4.78. The highest BCUT2D eigenvalue weighted by Crippen LogP contribution is 2.29. The lowest BCUT2D eigenvalue weighted by atomic mass is 10.1. The van der Waals surface area contributed by atoms with E-state index in [-0.39, 0.29) is 0 Å². The fraction of sp³-hybridized carbons (Fsp3) is 0.600. The Morgan fingerprint density at radius 3 is 2.29 bits per heavy atom. The third-order valence-electron chi connectivity index (χ3n) is 3.11. The molecule has 0 N–H and O–H groups in total. The van der Waals surface area contributed by atoms with Gasteiger partial charge in [-0.1, -0.05) is 24.6 Å². The average Bonchev–Trinajstić information content (AvgIpc) is 2.43. The highest BCUT2D eigenvalue weighted by molar-refractivity contribution is 6.44. The Hall–Kier alpha value is -0.853. The van der Waals surface area contributed by atoms with Gasteiger partial charge in [-0.15, -0.1) is 0 Å². The maximum absolute atomic E-state index is 12.6. The number of unbranched alkanes of at least 4 members (excludes halogenated alkanes) is 1. The molecular formula is C15H23F3O2Si. The molecule has 0 heterocycles. The molecule has 0 fully saturated rings. The molecule has 0 atom stereocenters. The topological polar surface area (TPSA) is 18.5 Å². The van der Waals surface area contributed by atoms with E-state index in [0.717, 1.165) is 30.5 Å². The predicted octanol–water partition coefficient (Wildman–Crippen LogP) is 4.32. The average molecular weight is 320 g/mol. The van der Waals surface area contributed by atoms with Crippen LogP contribution in [0.15, 0.2) is 24.3 Å². The van der Waals surface area contributed by atoms with Gasteiger partial charge in [-0.05, 0) is 44.4 Å². The maximum atomic E-state index is 12.6. The first-order chi connectivity index (χ1) is 9.97. The molecule has 0 aromatic heterocycles. The van der Waals surface area contributed by atoms with E-state index in [0.29, 0.717) is 19.6 Å². The van der Waals surface area contributed by atoms with E-state index < -0.39 is 21.0 Å². The van der Waals surface area contributed by atoms with Gasteiger partial charge in [0, 0.05) is 13.2 Å². The molecule has 1 rings (SSSR count). The lowest BCUT2D eigenvalue weighted by Crippen LogP contribution is -2.22. The molecule has 0 aliphatic rings. The third-order valence-corrected chi connectivity index (χ3v) is 5.40. The Labute approximate surface area is 126 Å². The van der Waals surface area contributed by atoms with Crippen molar-refractivity contribution in [2.24, 2.45) is 0 Å². The molecule has 0 amide bonds. The molecule has 2 nitrogen and oxygen atoms in total. The summed E-state index contributed by atoms with van der Waals surface area (Å²) >= 11 is 0. The molecule has 1 aromatic carbocycles. The van der Waals surface area contributed by atoms with Crippen LogP contribution in [-0.2, 0) is 21.4 Å². The van der Waals surface area contributed by atoms with Gasteiger partial charge in [-0.2, -0.15) is 13.2 Å². The summed E-state index contributed by atoms with van der Waals surface area (Å²) in [6.45, 7) is 5.21. The Balaban J connectivity index is 2.38. The van der Waals surface area contributed by atoms with E-state index in [2.05, 4.69) is 0 Å². The van der Waals surface area contributed by atoms with Crippen molar-refractivity contribution in [3.8, 4) is 0 Å². The largest absolute Gasteiger partial charge is 0.416 e. The van der Waals surface area contributed by atoms with Gasteiger partial charge in [-0.3, -0.25) is 0 Å². The lowest BCUT2D eigenvalue weighted by Gasteiger charge is -2.14. The second kappa shape index (κ2) is 9.22. The van der Waals surface area contributed by atoms with Crippen molar-refractivity contribution in [3.63, 3.8) is 0 Å². The normalized spacial score (nSPS) is 12.1. The van der Waals surface area contributed by atoms with Gasteiger partial charge in [-0.25, -0.2) is 0 Å². The standard InChI is InChI=1S/C15H23F3O2Si/c1-3-19-21(20-4-2)11-6-5-8-13-9-7-10-14(12-13)15(16,17)18/h7,9-10,12,21H,3-6,8,11H2,1-2H3. The molecule has 0 unspecified atom stereocenters. The predicted molar refractivity (Wildman–Crippen MR) is 79.6 cm³/mol. The summed E-state index contributed by atoms with van der Waals surface area (Å²) in [6.07, 6.45) is -1.83. The highest BCUT2D eigenvalue weighted by Gasteiger charge is 2.30. The van der Waals surface area contributed by atoms with E-state index in [1.165, 1.54) is 12.1 Å². The summed E-state index contributed by atoms with van der Waals surface area (Å²) in [7, 11) is -1.58. The Bertz CT molecular complexity index is 404. The minimum atomic E-state index is -4.27. The zero-order chi connectivity index (χ0) is 15.7. The van der Waals surface area contributed by atoms with Crippen molar-refractivity contribution in [2.75, 3.05) is 13.2 Å². The van der Waals surface area contributed by atoms with Gasteiger partial charge < -0.3 is 8.85 Å². The quantitative estimate of drug-likeness (QED) is 0.498. The van der Waals surface area contributed by atoms with Crippen LogP contribution >= 0.6 is 0 Å². The van der Waals surface area contributed by atoms with Crippen LogP contribution in [-0.4, -0.2) is 22.5 Å². The van der Waals surface area contributed by atoms with Gasteiger partial charge in [0.25, 0.3) is 0 Å². The Kier molecular flexibility index (Phi) is 7.99. The molecule has 120 valence electrons. The zero-order valence-corrected chi connectivity index (χ0v) is 13.7. The number of aryl methyl sites for hydroxylation is 1. The number of benzene rings is 1. The van der Waals surface area contributed by atoms with Gasteiger partial charge in [0.15, 0.2) is 0 Å². The molecule has 1 aromatic rings. The first kappa shape index (κ1) is 18.2. The number of rotatable bonds is 9. The van der Waals surface area contributed by atoms with Gasteiger partial charge in [0.2, 0.25) is 0 Å². The SMILES string of the molecule is CCO[SiH](CCCCc1cccc(C(F)(F)F)c1)OCC. The molecule has 0 aliphatic carbocycles. The van der Waals surface area contributed by atoms with E-state index in [9.17, 15) is 13.2 Å². The first-order valence-electron chi connectivity index (χ1n) is 7.36. The van der Waals surface area contributed by atoms with E-state index in [1.807, 2.05) is 13.8 Å². The smallest absolute Gasteiger partial charge is 0.397 e. The first-order valence-corrected chi connectivity index (χ1v) is 9.12. The van der Waals surface area contributed by atoms with Crippen LogP contribution in [0.5, 0.6) is 0 Å². The minimum absolute atomic E-state index is 0.573. The third kappa shape index (κ3) is 7.11. The molecule has 6 heteroatoms. The summed E-state index contributed by atoms with van der Waals surface area (Å²) in [6, 6.07) is 6.46.